The highest BCUT2D eigenvalue weighted by molar-refractivity contribution is 5.80. The molecule has 0 saturated carbocycles. The molecule has 0 aliphatic carbocycles. The van der Waals surface area contributed by atoms with Gasteiger partial charge in [0.05, 0.1) is 25.4 Å². The second-order valence-corrected chi connectivity index (χ2v) is 26.0. The highest BCUT2D eigenvalue weighted by Crippen LogP contribution is 2.26. The van der Waals surface area contributed by atoms with E-state index in [-0.39, 0.29) is 13.0 Å². The van der Waals surface area contributed by atoms with E-state index in [1.54, 1.807) is 6.08 Å². The van der Waals surface area contributed by atoms with E-state index in [0.717, 1.165) is 64.2 Å². The molecular weight excluding hydrogens is 1090 g/mol. The SMILES string of the molecule is CCCCC/C=C\C/C=C\CCCCCCCCCCCCCCC(O)C(=O)NC(COC1OC(CO)C(O)C(O)C1OC(=O)CCCCCCCCCCCCCCC/C=C/CCCCCCCC)C(O)/C=C/CCCCCCCCCCCCC. The van der Waals surface area contributed by atoms with Crippen molar-refractivity contribution in [2.75, 3.05) is 13.2 Å². The van der Waals surface area contributed by atoms with Gasteiger partial charge in [0.1, 0.15) is 24.4 Å². The quantitative estimate of drug-likeness (QED) is 0.0195. The first kappa shape index (κ1) is 82.6. The molecule has 11 heteroatoms. The minimum atomic E-state index is -1.61. The zero-order valence-electron chi connectivity index (χ0n) is 56.9. The van der Waals surface area contributed by atoms with Crippen LogP contribution in [0.5, 0.6) is 0 Å². The standard InChI is InChI=1S/C76H141NO10/c1-4-7-10-13-16-19-22-25-27-29-31-33-35-37-39-41-43-46-49-52-55-58-61-64-71(81)87-74-73(83)72(82)70(65-78)86-76(74)85-66-67(68(79)62-59-56-53-50-47-44-24-21-18-15-12-9-6-3)77-75(84)69(80)63-60-57-54-51-48-45-42-40-38-36-34-32-30-28-26-23-20-17-14-11-8-5-2/h17,20,25-28,59,62,67-70,72-74,76,78-80,82-83H,4-16,18-19,21-24,29-58,60-61,63-66H2,1-3H3,(H,77,84)/b20-17-,27-25+,28-26-,62-59+. The van der Waals surface area contributed by atoms with Crippen molar-refractivity contribution in [3.63, 3.8) is 0 Å². The number of rotatable bonds is 65. The fraction of sp³-hybridized carbons (Fsp3) is 0.868. The Hall–Kier alpha value is -2.38. The summed E-state index contributed by atoms with van der Waals surface area (Å²) < 4.78 is 17.7. The fourth-order valence-corrected chi connectivity index (χ4v) is 11.8. The van der Waals surface area contributed by atoms with Crippen molar-refractivity contribution in [2.45, 2.75) is 410 Å². The number of esters is 1. The molecule has 1 rings (SSSR count). The molecular formula is C76H141NO10. The van der Waals surface area contributed by atoms with Crippen molar-refractivity contribution < 1.29 is 49.3 Å². The second-order valence-electron chi connectivity index (χ2n) is 26.0. The number of unbranched alkanes of at least 4 members (excludes halogenated alkanes) is 45. The highest BCUT2D eigenvalue weighted by atomic mass is 16.7. The summed E-state index contributed by atoms with van der Waals surface area (Å²) >= 11 is 0. The lowest BCUT2D eigenvalue weighted by Crippen LogP contribution is -2.61. The van der Waals surface area contributed by atoms with Gasteiger partial charge in [0.2, 0.25) is 5.91 Å². The lowest BCUT2D eigenvalue weighted by molar-refractivity contribution is -0.305. The van der Waals surface area contributed by atoms with Gasteiger partial charge >= 0.3 is 5.97 Å². The number of aliphatic hydroxyl groups excluding tert-OH is 5. The first-order chi connectivity index (χ1) is 42.7. The summed E-state index contributed by atoms with van der Waals surface area (Å²) in [5.74, 6) is -1.18. The van der Waals surface area contributed by atoms with Crippen LogP contribution in [-0.2, 0) is 23.8 Å². The molecule has 0 radical (unpaired) electrons. The Kier molecular flexibility index (Phi) is 60.6. The van der Waals surface area contributed by atoms with E-state index in [4.69, 9.17) is 14.2 Å². The molecule has 0 bridgehead atoms. The maximum atomic E-state index is 13.5. The Morgan fingerprint density at radius 3 is 1.21 bits per heavy atom. The minimum Gasteiger partial charge on any atom is -0.454 e. The van der Waals surface area contributed by atoms with Crippen LogP contribution in [0.2, 0.25) is 0 Å². The summed E-state index contributed by atoms with van der Waals surface area (Å²) in [4.78, 5) is 26.7. The number of ether oxygens (including phenoxy) is 3. The number of carbonyl (C=O) groups is 2. The summed E-state index contributed by atoms with van der Waals surface area (Å²) in [6, 6.07) is -1.02. The first-order valence-corrected chi connectivity index (χ1v) is 37.4. The fourth-order valence-electron chi connectivity index (χ4n) is 11.8. The Morgan fingerprint density at radius 2 is 0.793 bits per heavy atom. The number of aliphatic hydroxyl groups is 5. The maximum absolute atomic E-state index is 13.5. The van der Waals surface area contributed by atoms with Crippen LogP contribution in [0.4, 0.5) is 0 Å². The highest BCUT2D eigenvalue weighted by Gasteiger charge is 2.47. The summed E-state index contributed by atoms with van der Waals surface area (Å²) in [5, 5.41) is 57.4. The third-order valence-corrected chi connectivity index (χ3v) is 17.7. The monoisotopic (exact) mass is 1230 g/mol. The third-order valence-electron chi connectivity index (χ3n) is 17.7. The van der Waals surface area contributed by atoms with Crippen molar-refractivity contribution >= 4 is 11.9 Å². The molecule has 0 aromatic carbocycles. The average molecular weight is 1230 g/mol. The van der Waals surface area contributed by atoms with E-state index >= 15 is 0 Å². The van der Waals surface area contributed by atoms with Crippen molar-refractivity contribution in [3.8, 4) is 0 Å². The van der Waals surface area contributed by atoms with Crippen LogP contribution in [0, 0.1) is 0 Å². The van der Waals surface area contributed by atoms with E-state index in [1.807, 2.05) is 6.08 Å². The van der Waals surface area contributed by atoms with E-state index in [1.165, 1.54) is 250 Å². The molecule has 1 aliphatic rings. The Balaban J connectivity index is 2.56. The average Bonchev–Trinajstić information content (AvgIpc) is 2.25. The van der Waals surface area contributed by atoms with Gasteiger partial charge in [-0.05, 0) is 83.5 Å². The van der Waals surface area contributed by atoms with Gasteiger partial charge in [-0.3, -0.25) is 9.59 Å². The lowest BCUT2D eigenvalue weighted by atomic mass is 9.99. The van der Waals surface area contributed by atoms with Gasteiger partial charge in [-0.25, -0.2) is 0 Å². The van der Waals surface area contributed by atoms with Crippen LogP contribution in [0.15, 0.2) is 48.6 Å². The van der Waals surface area contributed by atoms with Crippen LogP contribution >= 0.6 is 0 Å². The van der Waals surface area contributed by atoms with Gasteiger partial charge in [0.15, 0.2) is 12.4 Å². The molecule has 0 aromatic rings. The molecule has 8 unspecified atom stereocenters. The second kappa shape index (κ2) is 63.8. The lowest BCUT2D eigenvalue weighted by Gasteiger charge is -2.41. The molecule has 1 saturated heterocycles. The van der Waals surface area contributed by atoms with Crippen molar-refractivity contribution in [1.82, 2.24) is 5.32 Å². The molecule has 510 valence electrons. The molecule has 1 heterocycles. The minimum absolute atomic E-state index is 0.126. The van der Waals surface area contributed by atoms with Crippen LogP contribution in [0.3, 0.4) is 0 Å². The number of amides is 1. The molecule has 8 atom stereocenters. The summed E-state index contributed by atoms with van der Waals surface area (Å²) in [6.45, 7) is 5.82. The molecule has 1 fully saturated rings. The smallest absolute Gasteiger partial charge is 0.306 e. The predicted octanol–water partition coefficient (Wildman–Crippen LogP) is 19.5. The van der Waals surface area contributed by atoms with E-state index in [2.05, 4.69) is 62.5 Å². The molecule has 0 spiro atoms. The van der Waals surface area contributed by atoms with E-state index in [0.29, 0.717) is 19.3 Å². The van der Waals surface area contributed by atoms with Crippen LogP contribution < -0.4 is 5.32 Å². The van der Waals surface area contributed by atoms with Gasteiger partial charge in [-0.2, -0.15) is 0 Å². The topological polar surface area (TPSA) is 175 Å². The van der Waals surface area contributed by atoms with Crippen LogP contribution in [0.25, 0.3) is 0 Å². The molecule has 87 heavy (non-hydrogen) atoms. The van der Waals surface area contributed by atoms with Crippen molar-refractivity contribution in [3.05, 3.63) is 48.6 Å². The third kappa shape index (κ3) is 50.9. The number of hydrogen-bond acceptors (Lipinski definition) is 10. The van der Waals surface area contributed by atoms with Crippen molar-refractivity contribution in [2.24, 2.45) is 0 Å². The molecule has 0 aromatic heterocycles. The number of allylic oxidation sites excluding steroid dienone is 7. The Morgan fingerprint density at radius 1 is 0.448 bits per heavy atom. The first-order valence-electron chi connectivity index (χ1n) is 37.4. The Bertz CT molecular complexity index is 1600. The number of carbonyl (C=O) groups excluding carboxylic acids is 2. The van der Waals surface area contributed by atoms with Crippen molar-refractivity contribution in [1.29, 1.82) is 0 Å². The van der Waals surface area contributed by atoms with Crippen LogP contribution in [0.1, 0.15) is 361 Å². The molecule has 1 aliphatic heterocycles. The zero-order valence-corrected chi connectivity index (χ0v) is 56.9. The number of hydrogen-bond donors (Lipinski definition) is 6. The maximum Gasteiger partial charge on any atom is 0.306 e. The van der Waals surface area contributed by atoms with Gasteiger partial charge in [-0.15, -0.1) is 0 Å². The normalized spacial score (nSPS) is 18.5. The van der Waals surface area contributed by atoms with Gasteiger partial charge in [0.25, 0.3) is 0 Å². The predicted molar refractivity (Wildman–Crippen MR) is 366 cm³/mol. The number of nitrogens with one attached hydrogen (secondary N) is 1. The summed E-state index contributed by atoms with van der Waals surface area (Å²) in [6.07, 6.45) is 70.1. The molecule has 1 amide bonds. The van der Waals surface area contributed by atoms with Crippen LogP contribution in [-0.4, -0.2) is 99.6 Å². The zero-order chi connectivity index (χ0) is 63.1. The van der Waals surface area contributed by atoms with Gasteiger partial charge < -0.3 is 45.1 Å². The molecule has 11 nitrogen and oxygen atoms in total. The summed E-state index contributed by atoms with van der Waals surface area (Å²) in [7, 11) is 0. The largest absolute Gasteiger partial charge is 0.454 e. The van der Waals surface area contributed by atoms with Gasteiger partial charge in [0, 0.05) is 6.42 Å². The van der Waals surface area contributed by atoms with E-state index < -0.39 is 67.4 Å². The van der Waals surface area contributed by atoms with Gasteiger partial charge in [-0.1, -0.05) is 320 Å². The Labute approximate surface area is 536 Å². The summed E-state index contributed by atoms with van der Waals surface area (Å²) in [5.41, 5.74) is 0. The molecule has 6 N–H and O–H groups in total. The van der Waals surface area contributed by atoms with E-state index in [9.17, 15) is 35.1 Å².